The fourth-order valence-corrected chi connectivity index (χ4v) is 4.02. The molecule has 1 fully saturated rings. The zero-order valence-electron chi connectivity index (χ0n) is 16.9. The van der Waals surface area contributed by atoms with E-state index in [0.717, 1.165) is 12.8 Å². The van der Waals surface area contributed by atoms with Crippen molar-refractivity contribution in [2.45, 2.75) is 51.4 Å². The molecule has 0 spiro atoms. The van der Waals surface area contributed by atoms with Crippen LogP contribution < -0.4 is 10.5 Å². The molecule has 10 heteroatoms. The predicted octanol–water partition coefficient (Wildman–Crippen LogP) is 3.09. The number of carbonyl (C=O) groups excluding carboxylic acids is 1. The lowest BCUT2D eigenvalue weighted by Crippen LogP contribution is -2.55. The molecule has 0 aliphatic carbocycles. The highest BCUT2D eigenvalue weighted by Crippen LogP contribution is 2.41. The third-order valence-corrected chi connectivity index (χ3v) is 5.49. The van der Waals surface area contributed by atoms with Crippen molar-refractivity contribution in [1.29, 1.82) is 0 Å². The Balaban J connectivity index is 0.00000289. The smallest absolute Gasteiger partial charge is 0.283 e. The van der Waals surface area contributed by atoms with Crippen LogP contribution >= 0.6 is 0 Å². The first-order chi connectivity index (χ1) is 14.9. The summed E-state index contributed by atoms with van der Waals surface area (Å²) in [6, 6.07) is 4.41. The molecule has 0 bridgehead atoms. The average Bonchev–Trinajstić information content (AvgIpc) is 2.75. The summed E-state index contributed by atoms with van der Waals surface area (Å²) in [5.41, 5.74) is 5.72. The molecule has 1 aromatic carbocycles. The molecule has 2 aromatic rings. The summed E-state index contributed by atoms with van der Waals surface area (Å²) >= 11 is 0. The molecular weight excluding hydrogens is 422 g/mol. The quantitative estimate of drug-likeness (QED) is 0.677. The van der Waals surface area contributed by atoms with E-state index in [9.17, 15) is 13.6 Å². The monoisotopic (exact) mass is 448 g/mol. The molecule has 2 N–H and O–H groups in total. The summed E-state index contributed by atoms with van der Waals surface area (Å²) in [5.74, 6) is -0.825. The van der Waals surface area contributed by atoms with E-state index in [0.29, 0.717) is 12.2 Å². The van der Waals surface area contributed by atoms with Gasteiger partial charge in [-0.1, -0.05) is 13.5 Å². The van der Waals surface area contributed by atoms with Gasteiger partial charge in [0.2, 0.25) is 12.7 Å². The Bertz CT molecular complexity index is 1000. The molecule has 4 rings (SSSR count). The minimum atomic E-state index is -1.10. The molecule has 1 aromatic heterocycles. The third kappa shape index (κ3) is 4.55. The number of nitrogens with zero attached hydrogens (tertiary/aromatic N) is 3. The summed E-state index contributed by atoms with van der Waals surface area (Å²) in [4.78, 5) is 24.8. The van der Waals surface area contributed by atoms with E-state index in [1.54, 1.807) is 13.0 Å². The molecular formula is C22H26F2N4O4. The minimum absolute atomic E-state index is 0. The molecule has 0 radical (unpaired) electrons. The topological polar surface area (TPSA) is 109 Å². The maximum Gasteiger partial charge on any atom is 0.283 e. The fraction of sp³-hybridized carbons (Fsp3) is 0.455. The molecule has 32 heavy (non-hydrogen) atoms. The Morgan fingerprint density at radius 3 is 2.88 bits per heavy atom. The Morgan fingerprint density at radius 2 is 2.16 bits per heavy atom. The second-order valence-corrected chi connectivity index (χ2v) is 7.59. The summed E-state index contributed by atoms with van der Waals surface area (Å²) in [5, 5.41) is 0. The number of ketones is 1. The van der Waals surface area contributed by atoms with Crippen molar-refractivity contribution >= 4 is 11.8 Å². The highest BCUT2D eigenvalue weighted by atomic mass is 19.1. The lowest BCUT2D eigenvalue weighted by atomic mass is 9.80. The number of nitrogens with two attached hydrogens (primary N) is 1. The van der Waals surface area contributed by atoms with Crippen LogP contribution in [-0.2, 0) is 21.4 Å². The summed E-state index contributed by atoms with van der Waals surface area (Å²) in [7, 11) is 0. The molecule has 3 atom stereocenters. The number of hydrogen-bond acceptors (Lipinski definition) is 8. The fourth-order valence-electron chi connectivity index (χ4n) is 4.02. The number of aromatic nitrogens is 2. The maximum absolute atomic E-state index is 14.9. The number of amidine groups is 1. The van der Waals surface area contributed by atoms with Gasteiger partial charge < -0.3 is 19.9 Å². The molecule has 0 unspecified atom stereocenters. The van der Waals surface area contributed by atoms with Gasteiger partial charge in [-0.15, -0.1) is 0 Å². The van der Waals surface area contributed by atoms with Gasteiger partial charge in [-0.2, -0.15) is 0 Å². The van der Waals surface area contributed by atoms with E-state index >= 15 is 0 Å². The van der Waals surface area contributed by atoms with Gasteiger partial charge in [0.05, 0.1) is 12.4 Å². The van der Waals surface area contributed by atoms with Crippen LogP contribution in [0, 0.1) is 5.82 Å². The maximum atomic E-state index is 14.9. The SMILES string of the molecule is C.C[C@]1(c2cc(CC(=O)c3cnc(OCF)cn3)ccc2F)N=C(N)O[C@@H]2CCCO[C@@H]21. The number of ether oxygens (including phenoxy) is 3. The molecule has 172 valence electrons. The zero-order chi connectivity index (χ0) is 22.0. The van der Waals surface area contributed by atoms with Crippen molar-refractivity contribution in [3.05, 3.63) is 53.2 Å². The number of fused-ring (bicyclic) bond motifs is 1. The van der Waals surface area contributed by atoms with Crippen LogP contribution in [0.1, 0.15) is 48.8 Å². The Morgan fingerprint density at radius 1 is 1.34 bits per heavy atom. The first kappa shape index (κ1) is 23.5. The number of rotatable bonds is 6. The number of hydrogen-bond donors (Lipinski definition) is 1. The van der Waals surface area contributed by atoms with Crippen molar-refractivity contribution in [3.63, 3.8) is 0 Å². The number of Topliss-reactive ketones (excluding diaryl/α,β-unsaturated/α-hetero) is 1. The lowest BCUT2D eigenvalue weighted by Gasteiger charge is -2.44. The Kier molecular flexibility index (Phi) is 7.02. The summed E-state index contributed by atoms with van der Waals surface area (Å²) in [6.07, 6.45) is 3.08. The lowest BCUT2D eigenvalue weighted by molar-refractivity contribution is -0.114. The van der Waals surface area contributed by atoms with Crippen molar-refractivity contribution in [2.75, 3.05) is 13.5 Å². The van der Waals surface area contributed by atoms with Crippen LogP contribution in [0.3, 0.4) is 0 Å². The molecule has 2 aliphatic heterocycles. The Hall–Kier alpha value is -3.14. The molecule has 2 aliphatic rings. The second-order valence-electron chi connectivity index (χ2n) is 7.59. The van der Waals surface area contributed by atoms with Crippen LogP contribution in [0.5, 0.6) is 5.88 Å². The summed E-state index contributed by atoms with van der Waals surface area (Å²) < 4.78 is 43.2. The first-order valence-electron chi connectivity index (χ1n) is 9.87. The van der Waals surface area contributed by atoms with Gasteiger partial charge in [0.15, 0.2) is 5.78 Å². The van der Waals surface area contributed by atoms with Crippen LogP contribution in [0.2, 0.25) is 0 Å². The number of alkyl halides is 1. The molecule has 1 saturated heterocycles. The largest absolute Gasteiger partial charge is 0.459 e. The van der Waals surface area contributed by atoms with Crippen molar-refractivity contribution in [2.24, 2.45) is 10.7 Å². The van der Waals surface area contributed by atoms with Gasteiger partial charge in [0, 0.05) is 18.6 Å². The van der Waals surface area contributed by atoms with E-state index in [2.05, 4.69) is 19.7 Å². The standard InChI is InChI=1S/C21H22F2N4O4.CH4/c1-21(19-17(3-2-6-29-19)31-20(24)27-21)13-7-12(4-5-14(13)23)8-16(28)15-9-26-18(10-25-15)30-11-22;/h4-5,7,9-10,17,19H,2-3,6,8,11H2,1H3,(H2,24,27);1H4/t17-,19+,21-;/m1./s1. The van der Waals surface area contributed by atoms with Gasteiger partial charge in [-0.05, 0) is 37.5 Å². The van der Waals surface area contributed by atoms with Gasteiger partial charge in [0.1, 0.15) is 29.3 Å². The van der Waals surface area contributed by atoms with Crippen molar-refractivity contribution in [1.82, 2.24) is 9.97 Å². The van der Waals surface area contributed by atoms with E-state index < -0.39 is 24.3 Å². The predicted molar refractivity (Wildman–Crippen MR) is 113 cm³/mol. The van der Waals surface area contributed by atoms with Gasteiger partial charge in [-0.3, -0.25) is 4.79 Å². The van der Waals surface area contributed by atoms with Crippen molar-refractivity contribution in [3.8, 4) is 5.88 Å². The minimum Gasteiger partial charge on any atom is -0.459 e. The van der Waals surface area contributed by atoms with Gasteiger partial charge in [0.25, 0.3) is 6.02 Å². The van der Waals surface area contributed by atoms with E-state index in [1.807, 2.05) is 0 Å². The van der Waals surface area contributed by atoms with Gasteiger partial charge in [-0.25, -0.2) is 23.7 Å². The van der Waals surface area contributed by atoms with Crippen LogP contribution in [-0.4, -0.2) is 47.4 Å². The molecule has 3 heterocycles. The van der Waals surface area contributed by atoms with E-state index in [1.165, 1.54) is 24.5 Å². The summed E-state index contributed by atoms with van der Waals surface area (Å²) in [6.45, 7) is 1.24. The first-order valence-corrected chi connectivity index (χ1v) is 9.87. The molecule has 0 saturated carbocycles. The Labute approximate surface area is 184 Å². The number of benzene rings is 1. The van der Waals surface area contributed by atoms with E-state index in [-0.39, 0.29) is 48.9 Å². The highest BCUT2D eigenvalue weighted by molar-refractivity contribution is 5.95. The normalized spacial score (nSPS) is 24.4. The van der Waals surface area contributed by atoms with Gasteiger partial charge >= 0.3 is 0 Å². The third-order valence-electron chi connectivity index (χ3n) is 5.49. The second kappa shape index (κ2) is 9.56. The molecule has 8 nitrogen and oxygen atoms in total. The number of halogens is 2. The van der Waals surface area contributed by atoms with Crippen LogP contribution in [0.4, 0.5) is 8.78 Å². The zero-order valence-corrected chi connectivity index (χ0v) is 16.9. The van der Waals surface area contributed by atoms with Crippen molar-refractivity contribution < 1.29 is 27.8 Å². The van der Waals surface area contributed by atoms with Crippen LogP contribution in [0.15, 0.2) is 35.6 Å². The average molecular weight is 448 g/mol. The van der Waals surface area contributed by atoms with E-state index in [4.69, 9.17) is 15.2 Å². The molecule has 0 amide bonds. The highest BCUT2D eigenvalue weighted by Gasteiger charge is 2.49. The number of aliphatic imine (C=N–C) groups is 1. The van der Waals surface area contributed by atoms with Crippen LogP contribution in [0.25, 0.3) is 0 Å². The number of carbonyl (C=O) groups is 1.